The van der Waals surface area contributed by atoms with Crippen LogP contribution in [0.15, 0.2) is 24.3 Å². The number of carbonyl (C=O) groups is 1. The number of fused-ring (bicyclic) bond motifs is 1. The van der Waals surface area contributed by atoms with Crippen LogP contribution < -0.4 is 0 Å². The Morgan fingerprint density at radius 2 is 2.06 bits per heavy atom. The lowest BCUT2D eigenvalue weighted by Crippen LogP contribution is -2.14. The second-order valence-electron chi connectivity index (χ2n) is 4.97. The first-order chi connectivity index (χ1) is 7.75. The molecule has 1 aromatic carbocycles. The van der Waals surface area contributed by atoms with Crippen LogP contribution in [0.25, 0.3) is 0 Å². The summed E-state index contributed by atoms with van der Waals surface area (Å²) in [5.74, 6) is 1.13. The van der Waals surface area contributed by atoms with Crippen molar-refractivity contribution in [3.63, 3.8) is 0 Å². The smallest absolute Gasteiger partial charge is 0.129 e. The molecule has 16 heavy (non-hydrogen) atoms. The molecule has 0 saturated heterocycles. The summed E-state index contributed by atoms with van der Waals surface area (Å²) >= 11 is 0. The standard InChI is InChI=1S/C15H20O/c1-12(16)5-4-6-13-9-10-14-7-2-3-8-15(14)11-13/h2-3,7-8,13H,4-6,9-11H2,1H3. The van der Waals surface area contributed by atoms with Crippen molar-refractivity contribution < 1.29 is 4.79 Å². The predicted molar refractivity (Wildman–Crippen MR) is 66.5 cm³/mol. The van der Waals surface area contributed by atoms with Gasteiger partial charge in [-0.25, -0.2) is 0 Å². The molecule has 0 fully saturated rings. The first-order valence-electron chi connectivity index (χ1n) is 6.32. The van der Waals surface area contributed by atoms with E-state index in [1.165, 1.54) is 36.8 Å². The number of aryl methyl sites for hydroxylation is 1. The minimum absolute atomic E-state index is 0.330. The number of hydrogen-bond acceptors (Lipinski definition) is 1. The van der Waals surface area contributed by atoms with E-state index in [9.17, 15) is 4.79 Å². The molecule has 0 bridgehead atoms. The molecule has 0 spiro atoms. The Hall–Kier alpha value is -1.11. The molecule has 1 aliphatic rings. The third-order valence-corrected chi connectivity index (χ3v) is 3.59. The summed E-state index contributed by atoms with van der Waals surface area (Å²) in [6.07, 6.45) is 6.79. The Morgan fingerprint density at radius 1 is 1.31 bits per heavy atom. The zero-order valence-electron chi connectivity index (χ0n) is 10.0. The Morgan fingerprint density at radius 3 is 2.81 bits per heavy atom. The highest BCUT2D eigenvalue weighted by molar-refractivity contribution is 5.75. The van der Waals surface area contributed by atoms with Gasteiger partial charge in [-0.2, -0.15) is 0 Å². The quantitative estimate of drug-likeness (QED) is 0.752. The molecule has 0 aliphatic heterocycles. The monoisotopic (exact) mass is 216 g/mol. The molecule has 0 heterocycles. The van der Waals surface area contributed by atoms with Crippen LogP contribution in [0.5, 0.6) is 0 Å². The maximum Gasteiger partial charge on any atom is 0.129 e. The molecule has 1 atom stereocenters. The van der Waals surface area contributed by atoms with Crippen molar-refractivity contribution in [2.45, 2.75) is 45.4 Å². The maximum absolute atomic E-state index is 10.9. The third-order valence-electron chi connectivity index (χ3n) is 3.59. The summed E-state index contributed by atoms with van der Waals surface area (Å²) in [6.45, 7) is 1.69. The Bertz CT molecular complexity index is 367. The molecule has 0 aromatic heterocycles. The maximum atomic E-state index is 10.9. The van der Waals surface area contributed by atoms with Crippen molar-refractivity contribution in [3.8, 4) is 0 Å². The van der Waals surface area contributed by atoms with Gasteiger partial charge in [0.1, 0.15) is 5.78 Å². The van der Waals surface area contributed by atoms with Crippen molar-refractivity contribution in [2.24, 2.45) is 5.92 Å². The number of ketones is 1. The zero-order valence-corrected chi connectivity index (χ0v) is 10.0. The third kappa shape index (κ3) is 2.94. The van der Waals surface area contributed by atoms with E-state index in [4.69, 9.17) is 0 Å². The van der Waals surface area contributed by atoms with Gasteiger partial charge in [-0.15, -0.1) is 0 Å². The number of hydrogen-bond donors (Lipinski definition) is 0. The largest absolute Gasteiger partial charge is 0.300 e. The van der Waals surface area contributed by atoms with Crippen molar-refractivity contribution in [3.05, 3.63) is 35.4 Å². The van der Waals surface area contributed by atoms with E-state index in [0.29, 0.717) is 5.78 Å². The first kappa shape index (κ1) is 11.4. The lowest BCUT2D eigenvalue weighted by atomic mass is 9.81. The van der Waals surface area contributed by atoms with Gasteiger partial charge >= 0.3 is 0 Å². The van der Waals surface area contributed by atoms with Crippen LogP contribution in [0, 0.1) is 5.92 Å². The molecular weight excluding hydrogens is 196 g/mol. The molecule has 1 aromatic rings. The predicted octanol–water partition coefficient (Wildman–Crippen LogP) is 3.55. The Kier molecular flexibility index (Phi) is 3.76. The van der Waals surface area contributed by atoms with E-state index < -0.39 is 0 Å². The molecule has 1 unspecified atom stereocenters. The summed E-state index contributed by atoms with van der Waals surface area (Å²) in [5.41, 5.74) is 3.06. The van der Waals surface area contributed by atoms with Crippen molar-refractivity contribution in [1.82, 2.24) is 0 Å². The van der Waals surface area contributed by atoms with E-state index in [2.05, 4.69) is 24.3 Å². The van der Waals surface area contributed by atoms with Crippen LogP contribution in [0.2, 0.25) is 0 Å². The van der Waals surface area contributed by atoms with Crippen LogP contribution in [-0.4, -0.2) is 5.78 Å². The van der Waals surface area contributed by atoms with Crippen LogP contribution >= 0.6 is 0 Å². The molecular formula is C15H20O. The van der Waals surface area contributed by atoms with Crippen LogP contribution in [0.3, 0.4) is 0 Å². The van der Waals surface area contributed by atoms with Crippen molar-refractivity contribution in [2.75, 3.05) is 0 Å². The number of Topliss-reactive ketones (excluding diaryl/α,β-unsaturated/α-hetero) is 1. The SMILES string of the molecule is CC(=O)CCCC1CCc2ccccc2C1. The van der Waals surface area contributed by atoms with Gasteiger partial charge in [0.15, 0.2) is 0 Å². The van der Waals surface area contributed by atoms with Gasteiger partial charge in [-0.05, 0) is 56.1 Å². The average molecular weight is 216 g/mol. The van der Waals surface area contributed by atoms with E-state index in [-0.39, 0.29) is 0 Å². The molecule has 0 saturated carbocycles. The average Bonchev–Trinajstić information content (AvgIpc) is 2.28. The minimum Gasteiger partial charge on any atom is -0.300 e. The summed E-state index contributed by atoms with van der Waals surface area (Å²) in [6, 6.07) is 8.78. The molecule has 0 amide bonds. The van der Waals surface area contributed by atoms with E-state index in [0.717, 1.165) is 18.8 Å². The minimum atomic E-state index is 0.330. The number of carbonyl (C=O) groups excluding carboxylic acids is 1. The first-order valence-corrected chi connectivity index (χ1v) is 6.32. The topological polar surface area (TPSA) is 17.1 Å². The van der Waals surface area contributed by atoms with Crippen LogP contribution in [0.1, 0.15) is 43.7 Å². The fourth-order valence-corrected chi connectivity index (χ4v) is 2.66. The van der Waals surface area contributed by atoms with E-state index in [1.807, 2.05) is 0 Å². The molecule has 1 heteroatoms. The number of rotatable bonds is 4. The molecule has 2 rings (SSSR count). The summed E-state index contributed by atoms with van der Waals surface area (Å²) in [7, 11) is 0. The van der Waals surface area contributed by atoms with Gasteiger partial charge in [-0.3, -0.25) is 0 Å². The van der Waals surface area contributed by atoms with E-state index in [1.54, 1.807) is 6.92 Å². The second kappa shape index (κ2) is 5.29. The van der Waals surface area contributed by atoms with Crippen molar-refractivity contribution in [1.29, 1.82) is 0 Å². The molecule has 1 nitrogen and oxygen atoms in total. The summed E-state index contributed by atoms with van der Waals surface area (Å²) in [5, 5.41) is 0. The van der Waals surface area contributed by atoms with Crippen LogP contribution in [-0.2, 0) is 17.6 Å². The fraction of sp³-hybridized carbons (Fsp3) is 0.533. The molecule has 86 valence electrons. The van der Waals surface area contributed by atoms with Gasteiger partial charge in [0.05, 0.1) is 0 Å². The Labute approximate surface area is 97.9 Å². The van der Waals surface area contributed by atoms with E-state index >= 15 is 0 Å². The highest BCUT2D eigenvalue weighted by atomic mass is 16.1. The highest BCUT2D eigenvalue weighted by Gasteiger charge is 2.17. The van der Waals surface area contributed by atoms with Gasteiger partial charge in [0.2, 0.25) is 0 Å². The zero-order chi connectivity index (χ0) is 11.4. The van der Waals surface area contributed by atoms with Gasteiger partial charge in [-0.1, -0.05) is 24.3 Å². The summed E-state index contributed by atoms with van der Waals surface area (Å²) in [4.78, 5) is 10.9. The van der Waals surface area contributed by atoms with Gasteiger partial charge < -0.3 is 4.79 Å². The fourth-order valence-electron chi connectivity index (χ4n) is 2.66. The molecule has 1 aliphatic carbocycles. The lowest BCUT2D eigenvalue weighted by molar-refractivity contribution is -0.117. The normalized spacial score (nSPS) is 19.2. The lowest BCUT2D eigenvalue weighted by Gasteiger charge is -2.24. The molecule has 0 radical (unpaired) electrons. The van der Waals surface area contributed by atoms with Crippen molar-refractivity contribution >= 4 is 5.78 Å². The summed E-state index contributed by atoms with van der Waals surface area (Å²) < 4.78 is 0. The van der Waals surface area contributed by atoms with Crippen LogP contribution in [0.4, 0.5) is 0 Å². The second-order valence-corrected chi connectivity index (χ2v) is 4.97. The Balaban J connectivity index is 1.86. The molecule has 0 N–H and O–H groups in total. The highest BCUT2D eigenvalue weighted by Crippen LogP contribution is 2.28. The number of benzene rings is 1. The van der Waals surface area contributed by atoms with Gasteiger partial charge in [0.25, 0.3) is 0 Å². The van der Waals surface area contributed by atoms with Gasteiger partial charge in [0, 0.05) is 6.42 Å².